The predicted molar refractivity (Wildman–Crippen MR) is 135 cm³/mol. The van der Waals surface area contributed by atoms with Gasteiger partial charge in [0, 0.05) is 35.5 Å². The Bertz CT molecular complexity index is 1230. The molecule has 0 saturated carbocycles. The van der Waals surface area contributed by atoms with E-state index >= 15 is 0 Å². The lowest BCUT2D eigenvalue weighted by atomic mass is 10.1. The van der Waals surface area contributed by atoms with Gasteiger partial charge >= 0.3 is 0 Å². The normalized spacial score (nSPS) is 16.2. The Morgan fingerprint density at radius 3 is 2.18 bits per heavy atom. The largest absolute Gasteiger partial charge is 0.490 e. The Balaban J connectivity index is 1.13. The number of aromatic nitrogens is 1. The minimum absolute atomic E-state index is 0.242. The molecule has 6 heteroatoms. The fourth-order valence-corrected chi connectivity index (χ4v) is 5.79. The molecule has 5 nitrogen and oxygen atoms in total. The van der Waals surface area contributed by atoms with Crippen LogP contribution in [-0.2, 0) is 6.54 Å². The molecule has 1 aromatic heterocycles. The number of hydrogen-bond acceptors (Lipinski definition) is 6. The number of anilines is 3. The zero-order chi connectivity index (χ0) is 22.9. The van der Waals surface area contributed by atoms with Gasteiger partial charge in [-0.1, -0.05) is 36.0 Å². The van der Waals surface area contributed by atoms with Crippen LogP contribution in [0.2, 0.25) is 0 Å². The van der Waals surface area contributed by atoms with Gasteiger partial charge in [0.15, 0.2) is 5.89 Å². The molecule has 0 spiro atoms. The minimum Gasteiger partial charge on any atom is -0.490 e. The van der Waals surface area contributed by atoms with Crippen molar-refractivity contribution in [3.05, 3.63) is 90.6 Å². The van der Waals surface area contributed by atoms with Crippen molar-refractivity contribution in [1.29, 1.82) is 0 Å². The topological polar surface area (TPSA) is 41.7 Å². The third kappa shape index (κ3) is 4.31. The molecule has 0 N–H and O–H groups in total. The maximum absolute atomic E-state index is 6.35. The van der Waals surface area contributed by atoms with E-state index in [1.54, 1.807) is 0 Å². The summed E-state index contributed by atoms with van der Waals surface area (Å²) in [6.45, 7) is 4.71. The second-order valence-corrected chi connectivity index (χ2v) is 9.89. The van der Waals surface area contributed by atoms with Crippen LogP contribution in [0.25, 0.3) is 0 Å². The molecule has 0 aliphatic carbocycles. The number of para-hydroxylation sites is 2. The second-order valence-electron chi connectivity index (χ2n) is 8.81. The highest BCUT2D eigenvalue weighted by atomic mass is 32.2. The van der Waals surface area contributed by atoms with E-state index in [0.29, 0.717) is 0 Å². The molecule has 3 heterocycles. The van der Waals surface area contributed by atoms with Crippen LogP contribution < -0.4 is 9.64 Å². The predicted octanol–water partition coefficient (Wildman–Crippen LogP) is 6.96. The summed E-state index contributed by atoms with van der Waals surface area (Å²) in [5.74, 6) is 2.60. The van der Waals surface area contributed by atoms with Crippen LogP contribution in [0.3, 0.4) is 0 Å². The van der Waals surface area contributed by atoms with Crippen LogP contribution in [0.15, 0.2) is 93.2 Å². The van der Waals surface area contributed by atoms with Crippen LogP contribution in [0.1, 0.15) is 24.5 Å². The molecular weight excluding hydrogens is 442 g/mol. The SMILES string of the molecule is Cc1ncc(CN2CCC(Oc3ccc(N4c5ccccc5Sc5ccccc54)cc3)CC2)o1. The van der Waals surface area contributed by atoms with Crippen LogP contribution in [0.5, 0.6) is 5.75 Å². The molecule has 0 unspecified atom stereocenters. The Morgan fingerprint density at radius 1 is 0.912 bits per heavy atom. The highest BCUT2D eigenvalue weighted by molar-refractivity contribution is 7.99. The van der Waals surface area contributed by atoms with Gasteiger partial charge < -0.3 is 14.1 Å². The number of fused-ring (bicyclic) bond motifs is 2. The van der Waals surface area contributed by atoms with Gasteiger partial charge in [-0.3, -0.25) is 4.90 Å². The van der Waals surface area contributed by atoms with Gasteiger partial charge in [-0.25, -0.2) is 4.98 Å². The Kier molecular flexibility index (Phi) is 5.77. The van der Waals surface area contributed by atoms with Crippen molar-refractivity contribution in [1.82, 2.24) is 9.88 Å². The van der Waals surface area contributed by atoms with E-state index in [0.717, 1.165) is 55.6 Å². The Hall–Kier alpha value is -3.22. The molecule has 0 radical (unpaired) electrons. The fraction of sp³-hybridized carbons (Fsp3) is 0.250. The van der Waals surface area contributed by atoms with Crippen LogP contribution in [0, 0.1) is 6.92 Å². The molecule has 1 fully saturated rings. The van der Waals surface area contributed by atoms with E-state index in [4.69, 9.17) is 9.15 Å². The second kappa shape index (κ2) is 9.20. The first-order valence-electron chi connectivity index (χ1n) is 11.8. The number of piperidine rings is 1. The highest BCUT2D eigenvalue weighted by Crippen LogP contribution is 2.51. The van der Waals surface area contributed by atoms with Crippen molar-refractivity contribution in [2.75, 3.05) is 18.0 Å². The first kappa shape index (κ1) is 21.3. The van der Waals surface area contributed by atoms with Gasteiger partial charge in [-0.05, 0) is 61.4 Å². The molecule has 6 rings (SSSR count). The number of likely N-dealkylation sites (tertiary alicyclic amines) is 1. The Morgan fingerprint density at radius 2 is 1.56 bits per heavy atom. The summed E-state index contributed by atoms with van der Waals surface area (Å²) in [5, 5.41) is 0. The van der Waals surface area contributed by atoms with E-state index in [1.165, 1.54) is 21.2 Å². The number of oxazole rings is 1. The summed E-state index contributed by atoms with van der Waals surface area (Å²) in [7, 11) is 0. The van der Waals surface area contributed by atoms with E-state index in [-0.39, 0.29) is 6.10 Å². The van der Waals surface area contributed by atoms with Gasteiger partial charge in [-0.15, -0.1) is 0 Å². The third-order valence-electron chi connectivity index (χ3n) is 6.41. The smallest absolute Gasteiger partial charge is 0.191 e. The average molecular weight is 470 g/mol. The number of benzene rings is 3. The summed E-state index contributed by atoms with van der Waals surface area (Å²) in [6.07, 6.45) is 4.10. The number of rotatable bonds is 5. The molecule has 0 amide bonds. The van der Waals surface area contributed by atoms with Gasteiger partial charge in [0.2, 0.25) is 0 Å². The van der Waals surface area contributed by atoms with Crippen LogP contribution in [0.4, 0.5) is 17.1 Å². The van der Waals surface area contributed by atoms with Gasteiger partial charge in [0.05, 0.1) is 24.1 Å². The first-order valence-corrected chi connectivity index (χ1v) is 12.6. The zero-order valence-electron chi connectivity index (χ0n) is 19.2. The van der Waals surface area contributed by atoms with Gasteiger partial charge in [-0.2, -0.15) is 0 Å². The van der Waals surface area contributed by atoms with Crippen LogP contribution >= 0.6 is 11.8 Å². The van der Waals surface area contributed by atoms with Crippen molar-refractivity contribution < 1.29 is 9.15 Å². The molecule has 3 aromatic carbocycles. The molecule has 4 aromatic rings. The summed E-state index contributed by atoms with van der Waals surface area (Å²) in [6, 6.07) is 25.7. The van der Waals surface area contributed by atoms with Crippen molar-refractivity contribution in [3.63, 3.8) is 0 Å². The molecule has 2 aliphatic rings. The molecule has 34 heavy (non-hydrogen) atoms. The van der Waals surface area contributed by atoms with E-state index in [2.05, 4.69) is 87.6 Å². The number of aryl methyl sites for hydroxylation is 1. The number of ether oxygens (including phenoxy) is 1. The zero-order valence-corrected chi connectivity index (χ0v) is 20.0. The highest BCUT2D eigenvalue weighted by Gasteiger charge is 2.25. The Labute approximate surface area is 204 Å². The summed E-state index contributed by atoms with van der Waals surface area (Å²) in [4.78, 5) is 11.5. The van der Waals surface area contributed by atoms with Crippen molar-refractivity contribution >= 4 is 28.8 Å². The third-order valence-corrected chi connectivity index (χ3v) is 7.54. The first-order chi connectivity index (χ1) is 16.7. The van der Waals surface area contributed by atoms with Crippen LogP contribution in [-0.4, -0.2) is 29.1 Å². The molecule has 1 saturated heterocycles. The number of hydrogen-bond donors (Lipinski definition) is 0. The van der Waals surface area contributed by atoms with E-state index < -0.39 is 0 Å². The fourth-order valence-electron chi connectivity index (χ4n) is 4.73. The quantitative estimate of drug-likeness (QED) is 0.277. The monoisotopic (exact) mass is 469 g/mol. The molecule has 172 valence electrons. The molecular formula is C28H27N3O2S. The maximum Gasteiger partial charge on any atom is 0.191 e. The number of nitrogens with zero attached hydrogens (tertiary/aromatic N) is 3. The van der Waals surface area contributed by atoms with E-state index in [9.17, 15) is 0 Å². The standard InChI is InChI=1S/C28H27N3O2S/c1-20-29-18-24(32-20)19-30-16-14-23(15-17-30)33-22-12-10-21(11-13-22)31-25-6-2-4-8-27(25)34-28-9-5-3-7-26(28)31/h2-13,18,23H,14-17,19H2,1H3. The lowest BCUT2D eigenvalue weighted by Gasteiger charge is -2.33. The minimum atomic E-state index is 0.242. The maximum atomic E-state index is 6.35. The molecule has 0 atom stereocenters. The summed E-state index contributed by atoms with van der Waals surface area (Å²) < 4.78 is 12.0. The average Bonchev–Trinajstić information content (AvgIpc) is 3.28. The van der Waals surface area contributed by atoms with Crippen molar-refractivity contribution in [2.45, 2.75) is 42.2 Å². The van der Waals surface area contributed by atoms with Crippen molar-refractivity contribution in [3.8, 4) is 5.75 Å². The lowest BCUT2D eigenvalue weighted by molar-refractivity contribution is 0.0927. The van der Waals surface area contributed by atoms with Crippen molar-refractivity contribution in [2.24, 2.45) is 0 Å². The van der Waals surface area contributed by atoms with E-state index in [1.807, 2.05) is 24.9 Å². The summed E-state index contributed by atoms with van der Waals surface area (Å²) >= 11 is 1.83. The van der Waals surface area contributed by atoms with Gasteiger partial charge in [0.25, 0.3) is 0 Å². The molecule has 0 bridgehead atoms. The van der Waals surface area contributed by atoms with Gasteiger partial charge in [0.1, 0.15) is 17.6 Å². The molecule has 2 aliphatic heterocycles. The summed E-state index contributed by atoms with van der Waals surface area (Å²) in [5.41, 5.74) is 3.58. The lowest BCUT2D eigenvalue weighted by Crippen LogP contribution is -2.37.